The summed E-state index contributed by atoms with van der Waals surface area (Å²) >= 11 is 5.12. The monoisotopic (exact) mass is 309 g/mol. The molecule has 2 rings (SSSR count). The van der Waals surface area contributed by atoms with Crippen LogP contribution in [0.25, 0.3) is 11.3 Å². The predicted octanol–water partition coefficient (Wildman–Crippen LogP) is 5.22. The lowest BCUT2D eigenvalue weighted by Gasteiger charge is -2.02. The third-order valence-corrected chi connectivity index (χ3v) is 4.24. The van der Waals surface area contributed by atoms with Crippen LogP contribution in [0, 0.1) is 6.92 Å². The van der Waals surface area contributed by atoms with Crippen LogP contribution in [-0.2, 0) is 6.42 Å². The van der Waals surface area contributed by atoms with E-state index in [1.807, 2.05) is 0 Å². The molecule has 1 aromatic heterocycles. The van der Waals surface area contributed by atoms with Crippen LogP contribution < -0.4 is 0 Å². The highest BCUT2D eigenvalue weighted by Crippen LogP contribution is 2.30. The Morgan fingerprint density at radius 3 is 2.47 bits per heavy atom. The number of benzene rings is 1. The highest BCUT2D eigenvalue weighted by atomic mass is 79.9. The molecule has 0 aliphatic heterocycles. The summed E-state index contributed by atoms with van der Waals surface area (Å²) in [5.74, 6) is 0. The maximum Gasteiger partial charge on any atom is 0.160 e. The van der Waals surface area contributed by atoms with Crippen molar-refractivity contribution in [3.8, 4) is 11.3 Å². The SMILES string of the molecule is CCCCc1ccc(-c2nc(Br)sc2C)cc1. The fraction of sp³-hybridized carbons (Fsp3) is 0.357. The van der Waals surface area contributed by atoms with E-state index in [-0.39, 0.29) is 0 Å². The van der Waals surface area contributed by atoms with Gasteiger partial charge >= 0.3 is 0 Å². The summed E-state index contributed by atoms with van der Waals surface area (Å²) < 4.78 is 0.958. The van der Waals surface area contributed by atoms with E-state index >= 15 is 0 Å². The lowest BCUT2D eigenvalue weighted by atomic mass is 10.0. The zero-order valence-electron chi connectivity index (χ0n) is 10.2. The quantitative estimate of drug-likeness (QED) is 0.754. The second kappa shape index (κ2) is 5.78. The van der Waals surface area contributed by atoms with Crippen molar-refractivity contribution in [3.63, 3.8) is 0 Å². The third-order valence-electron chi connectivity index (χ3n) is 2.82. The minimum Gasteiger partial charge on any atom is -0.229 e. The smallest absolute Gasteiger partial charge is 0.160 e. The summed E-state index contributed by atoms with van der Waals surface area (Å²) in [7, 11) is 0. The number of hydrogen-bond acceptors (Lipinski definition) is 2. The van der Waals surface area contributed by atoms with E-state index in [0.29, 0.717) is 0 Å². The first-order valence-corrected chi connectivity index (χ1v) is 7.54. The summed E-state index contributed by atoms with van der Waals surface area (Å²) in [6.07, 6.45) is 3.69. The van der Waals surface area contributed by atoms with Gasteiger partial charge in [-0.2, -0.15) is 0 Å². The molecule has 0 atom stereocenters. The van der Waals surface area contributed by atoms with Crippen LogP contribution in [0.4, 0.5) is 0 Å². The summed E-state index contributed by atoms with van der Waals surface area (Å²) in [4.78, 5) is 5.77. The molecule has 0 unspecified atom stereocenters. The van der Waals surface area contributed by atoms with Crippen molar-refractivity contribution < 1.29 is 0 Å². The van der Waals surface area contributed by atoms with Gasteiger partial charge in [-0.3, -0.25) is 0 Å². The molecule has 90 valence electrons. The Bertz CT molecular complexity index is 487. The molecule has 0 spiro atoms. The van der Waals surface area contributed by atoms with Gasteiger partial charge in [0.2, 0.25) is 0 Å². The Labute approximate surface area is 115 Å². The topological polar surface area (TPSA) is 12.9 Å². The summed E-state index contributed by atoms with van der Waals surface area (Å²) in [6.45, 7) is 4.34. The molecule has 0 N–H and O–H groups in total. The van der Waals surface area contributed by atoms with Gasteiger partial charge in [-0.1, -0.05) is 37.6 Å². The van der Waals surface area contributed by atoms with E-state index in [2.05, 4.69) is 59.0 Å². The van der Waals surface area contributed by atoms with E-state index in [4.69, 9.17) is 0 Å². The molecule has 0 aliphatic rings. The zero-order valence-corrected chi connectivity index (χ0v) is 12.6. The van der Waals surface area contributed by atoms with Crippen molar-refractivity contribution in [2.45, 2.75) is 33.1 Å². The van der Waals surface area contributed by atoms with Gasteiger partial charge < -0.3 is 0 Å². The van der Waals surface area contributed by atoms with Crippen LogP contribution in [0.2, 0.25) is 0 Å². The Hall–Kier alpha value is -0.670. The molecule has 2 aromatic rings. The molecular weight excluding hydrogens is 294 g/mol. The first-order chi connectivity index (χ1) is 8.20. The van der Waals surface area contributed by atoms with Gasteiger partial charge in [0, 0.05) is 10.4 Å². The maximum atomic E-state index is 4.51. The highest BCUT2D eigenvalue weighted by molar-refractivity contribution is 9.11. The number of hydrogen-bond donors (Lipinski definition) is 0. The van der Waals surface area contributed by atoms with Gasteiger partial charge in [0.05, 0.1) is 5.69 Å². The number of aromatic nitrogens is 1. The molecule has 1 heterocycles. The van der Waals surface area contributed by atoms with Crippen LogP contribution in [0.15, 0.2) is 28.2 Å². The normalized spacial score (nSPS) is 10.8. The second-order valence-corrected chi connectivity index (χ2v) is 6.65. The van der Waals surface area contributed by atoms with Crippen LogP contribution >= 0.6 is 27.3 Å². The van der Waals surface area contributed by atoms with Crippen LogP contribution in [0.3, 0.4) is 0 Å². The van der Waals surface area contributed by atoms with E-state index in [0.717, 1.165) is 9.61 Å². The predicted molar refractivity (Wildman–Crippen MR) is 78.6 cm³/mol. The molecule has 0 saturated carbocycles. The van der Waals surface area contributed by atoms with Gasteiger partial charge in [0.25, 0.3) is 0 Å². The molecule has 0 fully saturated rings. The minimum absolute atomic E-state index is 0.958. The Morgan fingerprint density at radius 2 is 1.94 bits per heavy atom. The summed E-state index contributed by atoms with van der Waals surface area (Å²) in [6, 6.07) is 8.80. The van der Waals surface area contributed by atoms with Crippen molar-refractivity contribution in [2.75, 3.05) is 0 Å². The standard InChI is InChI=1S/C14H16BrNS/c1-3-4-5-11-6-8-12(9-7-11)13-10(2)17-14(15)16-13/h6-9H,3-5H2,1-2H3. The number of aryl methyl sites for hydroxylation is 2. The molecular formula is C14H16BrNS. The van der Waals surface area contributed by atoms with Gasteiger partial charge in [-0.05, 0) is 41.3 Å². The van der Waals surface area contributed by atoms with Crippen molar-refractivity contribution in [1.82, 2.24) is 4.98 Å². The molecule has 17 heavy (non-hydrogen) atoms. The van der Waals surface area contributed by atoms with Crippen LogP contribution in [0.5, 0.6) is 0 Å². The van der Waals surface area contributed by atoms with Crippen LogP contribution in [0.1, 0.15) is 30.2 Å². The Balaban J connectivity index is 2.20. The molecule has 1 aromatic carbocycles. The largest absolute Gasteiger partial charge is 0.229 e. The van der Waals surface area contributed by atoms with E-state index < -0.39 is 0 Å². The number of nitrogens with zero attached hydrogens (tertiary/aromatic N) is 1. The van der Waals surface area contributed by atoms with Gasteiger partial charge in [0.15, 0.2) is 3.92 Å². The summed E-state index contributed by atoms with van der Waals surface area (Å²) in [5.41, 5.74) is 3.73. The number of thiazole rings is 1. The zero-order chi connectivity index (χ0) is 12.3. The molecule has 0 saturated heterocycles. The third kappa shape index (κ3) is 3.17. The summed E-state index contributed by atoms with van der Waals surface area (Å²) in [5, 5.41) is 0. The number of halogens is 1. The molecule has 3 heteroatoms. The maximum absolute atomic E-state index is 4.51. The molecule has 0 bridgehead atoms. The average molecular weight is 310 g/mol. The molecule has 1 nitrogen and oxygen atoms in total. The van der Waals surface area contributed by atoms with Gasteiger partial charge in [-0.25, -0.2) is 4.98 Å². The van der Waals surface area contributed by atoms with Gasteiger partial charge in [-0.15, -0.1) is 11.3 Å². The average Bonchev–Trinajstić information content (AvgIpc) is 2.66. The van der Waals surface area contributed by atoms with Crippen molar-refractivity contribution in [1.29, 1.82) is 0 Å². The number of unbranched alkanes of at least 4 members (excludes halogenated alkanes) is 1. The number of rotatable bonds is 4. The first-order valence-electron chi connectivity index (χ1n) is 5.93. The lowest BCUT2D eigenvalue weighted by molar-refractivity contribution is 0.795. The lowest BCUT2D eigenvalue weighted by Crippen LogP contribution is -1.86. The van der Waals surface area contributed by atoms with E-state index in [1.165, 1.54) is 35.3 Å². The van der Waals surface area contributed by atoms with Crippen LogP contribution in [-0.4, -0.2) is 4.98 Å². The molecule has 0 amide bonds. The minimum atomic E-state index is 0.958. The van der Waals surface area contributed by atoms with Crippen molar-refractivity contribution in [2.24, 2.45) is 0 Å². The molecule has 0 radical (unpaired) electrons. The fourth-order valence-electron chi connectivity index (χ4n) is 1.84. The highest BCUT2D eigenvalue weighted by Gasteiger charge is 2.07. The second-order valence-electron chi connectivity index (χ2n) is 4.17. The molecule has 0 aliphatic carbocycles. The fourth-order valence-corrected chi connectivity index (χ4v) is 3.40. The first kappa shape index (κ1) is 12.8. The Morgan fingerprint density at radius 1 is 1.24 bits per heavy atom. The van der Waals surface area contributed by atoms with Crippen molar-refractivity contribution in [3.05, 3.63) is 38.6 Å². The van der Waals surface area contributed by atoms with E-state index in [1.54, 1.807) is 11.3 Å². The Kier molecular flexibility index (Phi) is 4.35. The van der Waals surface area contributed by atoms with Gasteiger partial charge in [0.1, 0.15) is 0 Å². The van der Waals surface area contributed by atoms with Crippen molar-refractivity contribution >= 4 is 27.3 Å². The van der Waals surface area contributed by atoms with E-state index in [9.17, 15) is 0 Å².